The number of rotatable bonds is 3. The zero-order chi connectivity index (χ0) is 18.1. The van der Waals surface area contributed by atoms with Crippen LogP contribution < -0.4 is 5.63 Å². The van der Waals surface area contributed by atoms with Crippen LogP contribution >= 0.6 is 11.6 Å². The molecule has 0 aliphatic carbocycles. The Morgan fingerprint density at radius 2 is 2.00 bits per heavy atom. The highest BCUT2D eigenvalue weighted by Crippen LogP contribution is 2.36. The summed E-state index contributed by atoms with van der Waals surface area (Å²) in [7, 11) is 0. The van der Waals surface area contributed by atoms with Crippen molar-refractivity contribution in [3.63, 3.8) is 0 Å². The van der Waals surface area contributed by atoms with Gasteiger partial charge in [-0.1, -0.05) is 29.8 Å². The Morgan fingerprint density at radius 3 is 2.68 bits per heavy atom. The van der Waals surface area contributed by atoms with Crippen LogP contribution in [0.5, 0.6) is 11.5 Å². The van der Waals surface area contributed by atoms with Crippen LogP contribution in [0.4, 0.5) is 0 Å². The number of allylic oxidation sites excluding steroid dienone is 2. The molecule has 6 nitrogen and oxygen atoms in total. The Balaban J connectivity index is 1.87. The van der Waals surface area contributed by atoms with Crippen LogP contribution in [-0.2, 0) is 4.74 Å². The topological polar surface area (TPSA) is 100 Å². The van der Waals surface area contributed by atoms with Gasteiger partial charge in [-0.05, 0) is 19.1 Å². The second kappa shape index (κ2) is 6.92. The first-order chi connectivity index (χ1) is 11.9. The van der Waals surface area contributed by atoms with Crippen LogP contribution in [0.2, 0.25) is 5.02 Å². The summed E-state index contributed by atoms with van der Waals surface area (Å²) in [5.74, 6) is -0.522. The standard InChI is InChI=1S/C18H17ClO6/c1-9-6-12(20)15(24-9)5-3-2-4-10-7-11-16(18(23)25-10)13(21)8-14(22)17(11)19/h2-5,7-9,12,15,20-22H,6H2,1H3/t9-,12+,15-/m1/s1. The van der Waals surface area contributed by atoms with Gasteiger partial charge in [0.05, 0.1) is 17.2 Å². The lowest BCUT2D eigenvalue weighted by atomic mass is 10.1. The third-order valence-corrected chi connectivity index (χ3v) is 4.37. The van der Waals surface area contributed by atoms with Gasteiger partial charge in [0.15, 0.2) is 0 Å². The zero-order valence-electron chi connectivity index (χ0n) is 13.3. The molecule has 0 saturated carbocycles. The fourth-order valence-electron chi connectivity index (χ4n) is 2.80. The maximum absolute atomic E-state index is 12.0. The van der Waals surface area contributed by atoms with Gasteiger partial charge in [0, 0.05) is 17.9 Å². The number of aliphatic hydroxyl groups is 1. The third-order valence-electron chi connectivity index (χ3n) is 3.98. The van der Waals surface area contributed by atoms with Crippen molar-refractivity contribution in [1.82, 2.24) is 0 Å². The van der Waals surface area contributed by atoms with Crippen LogP contribution in [0.25, 0.3) is 16.8 Å². The van der Waals surface area contributed by atoms with Crippen LogP contribution in [-0.4, -0.2) is 33.6 Å². The van der Waals surface area contributed by atoms with Crippen molar-refractivity contribution in [2.24, 2.45) is 0 Å². The van der Waals surface area contributed by atoms with Crippen LogP contribution in [0.15, 0.2) is 39.6 Å². The minimum absolute atomic E-state index is 0.00892. The first-order valence-electron chi connectivity index (χ1n) is 7.73. The van der Waals surface area contributed by atoms with E-state index in [1.54, 1.807) is 18.2 Å². The number of hydrogen-bond acceptors (Lipinski definition) is 6. The number of phenolic OH excluding ortho intramolecular Hbond substituents is 2. The quantitative estimate of drug-likeness (QED) is 0.724. The molecular formula is C18H17ClO6. The number of aromatic hydroxyl groups is 2. The van der Waals surface area contributed by atoms with Crippen LogP contribution in [0.3, 0.4) is 0 Å². The number of phenols is 2. The molecule has 0 spiro atoms. The maximum Gasteiger partial charge on any atom is 0.347 e. The zero-order valence-corrected chi connectivity index (χ0v) is 14.1. The Hall–Kier alpha value is -2.28. The Labute approximate surface area is 148 Å². The number of ether oxygens (including phenoxy) is 1. The van der Waals surface area contributed by atoms with Gasteiger partial charge < -0.3 is 24.5 Å². The molecule has 0 amide bonds. The average molecular weight is 365 g/mol. The minimum atomic E-state index is -0.760. The summed E-state index contributed by atoms with van der Waals surface area (Å²) in [5.41, 5.74) is -0.760. The molecule has 1 saturated heterocycles. The fraction of sp³-hybridized carbons (Fsp3) is 0.278. The number of aliphatic hydroxyl groups excluding tert-OH is 1. The van der Waals surface area contributed by atoms with Crippen molar-refractivity contribution in [2.45, 2.75) is 31.7 Å². The smallest absolute Gasteiger partial charge is 0.347 e. The predicted octanol–water partition coefficient (Wildman–Crippen LogP) is 2.97. The molecule has 25 heavy (non-hydrogen) atoms. The van der Waals surface area contributed by atoms with E-state index >= 15 is 0 Å². The van der Waals surface area contributed by atoms with Gasteiger partial charge in [0.2, 0.25) is 0 Å². The van der Waals surface area contributed by atoms with Gasteiger partial charge in [-0.15, -0.1) is 0 Å². The minimum Gasteiger partial charge on any atom is -0.507 e. The molecule has 1 fully saturated rings. The van der Waals surface area contributed by atoms with E-state index in [0.717, 1.165) is 6.07 Å². The van der Waals surface area contributed by atoms with Crippen LogP contribution in [0.1, 0.15) is 19.1 Å². The van der Waals surface area contributed by atoms with Crippen molar-refractivity contribution in [1.29, 1.82) is 0 Å². The highest BCUT2D eigenvalue weighted by atomic mass is 35.5. The van der Waals surface area contributed by atoms with Crippen molar-refractivity contribution >= 4 is 28.4 Å². The summed E-state index contributed by atoms with van der Waals surface area (Å²) < 4.78 is 10.6. The molecule has 3 rings (SSSR count). The summed E-state index contributed by atoms with van der Waals surface area (Å²) in [6.45, 7) is 1.89. The molecule has 1 aliphatic heterocycles. The highest BCUT2D eigenvalue weighted by Gasteiger charge is 2.28. The monoisotopic (exact) mass is 364 g/mol. The first-order valence-corrected chi connectivity index (χ1v) is 8.11. The number of fused-ring (bicyclic) bond motifs is 1. The molecule has 7 heteroatoms. The largest absolute Gasteiger partial charge is 0.507 e. The van der Waals surface area contributed by atoms with Crippen molar-refractivity contribution in [3.05, 3.63) is 51.6 Å². The van der Waals surface area contributed by atoms with Gasteiger partial charge in [0.25, 0.3) is 0 Å². The lowest BCUT2D eigenvalue weighted by Gasteiger charge is -2.07. The van der Waals surface area contributed by atoms with Crippen molar-refractivity contribution in [2.75, 3.05) is 0 Å². The van der Waals surface area contributed by atoms with Crippen LogP contribution in [0, 0.1) is 0 Å². The van der Waals surface area contributed by atoms with E-state index in [1.165, 1.54) is 12.1 Å². The maximum atomic E-state index is 12.0. The molecule has 0 bridgehead atoms. The molecule has 3 atom stereocenters. The average Bonchev–Trinajstić information content (AvgIpc) is 2.86. The summed E-state index contributed by atoms with van der Waals surface area (Å²) in [6.07, 6.45) is 6.24. The fourth-order valence-corrected chi connectivity index (χ4v) is 3.00. The highest BCUT2D eigenvalue weighted by molar-refractivity contribution is 6.37. The van der Waals surface area contributed by atoms with E-state index < -0.39 is 17.5 Å². The Bertz CT molecular complexity index is 914. The van der Waals surface area contributed by atoms with E-state index in [1.807, 2.05) is 6.92 Å². The summed E-state index contributed by atoms with van der Waals surface area (Å²) in [5, 5.41) is 29.3. The molecule has 2 aromatic rings. The van der Waals surface area contributed by atoms with E-state index in [-0.39, 0.29) is 39.5 Å². The van der Waals surface area contributed by atoms with Crippen molar-refractivity contribution in [3.8, 4) is 11.5 Å². The molecule has 1 aromatic carbocycles. The van der Waals surface area contributed by atoms with E-state index in [4.69, 9.17) is 20.8 Å². The molecule has 0 radical (unpaired) electrons. The summed E-state index contributed by atoms with van der Waals surface area (Å²) in [6, 6.07) is 2.44. The lowest BCUT2D eigenvalue weighted by Crippen LogP contribution is -2.17. The normalized spacial score (nSPS) is 24.0. The predicted molar refractivity (Wildman–Crippen MR) is 94.0 cm³/mol. The number of hydrogen-bond donors (Lipinski definition) is 3. The molecule has 132 valence electrons. The summed E-state index contributed by atoms with van der Waals surface area (Å²) >= 11 is 5.99. The van der Waals surface area contributed by atoms with Gasteiger partial charge in [-0.2, -0.15) is 0 Å². The second-order valence-corrected chi connectivity index (χ2v) is 6.29. The number of halogens is 1. The van der Waals surface area contributed by atoms with E-state index in [0.29, 0.717) is 6.42 Å². The molecule has 3 N–H and O–H groups in total. The van der Waals surface area contributed by atoms with Gasteiger partial charge in [-0.3, -0.25) is 0 Å². The molecule has 0 unspecified atom stereocenters. The van der Waals surface area contributed by atoms with Crippen molar-refractivity contribution < 1.29 is 24.5 Å². The Kier molecular flexibility index (Phi) is 4.85. The molecule has 2 heterocycles. The molecule has 1 aliphatic rings. The molecular weight excluding hydrogens is 348 g/mol. The Morgan fingerprint density at radius 1 is 1.24 bits per heavy atom. The van der Waals surface area contributed by atoms with Gasteiger partial charge in [-0.25, -0.2) is 4.79 Å². The first kappa shape index (κ1) is 17.5. The van der Waals surface area contributed by atoms with E-state index in [2.05, 4.69) is 0 Å². The summed E-state index contributed by atoms with van der Waals surface area (Å²) in [4.78, 5) is 12.0. The SMILES string of the molecule is C[C@@H]1C[C@H](O)[C@@H](C=CC=Cc2cc3c(Cl)c(O)cc(O)c3c(=O)o2)O1. The lowest BCUT2D eigenvalue weighted by molar-refractivity contribution is 0.0469. The number of benzene rings is 1. The molecule has 1 aromatic heterocycles. The third kappa shape index (κ3) is 3.56. The van der Waals surface area contributed by atoms with Gasteiger partial charge >= 0.3 is 5.63 Å². The second-order valence-electron chi connectivity index (χ2n) is 5.91. The van der Waals surface area contributed by atoms with Gasteiger partial charge in [0.1, 0.15) is 28.7 Å². The van der Waals surface area contributed by atoms with E-state index in [9.17, 15) is 20.1 Å².